The molecular formula is C19H17FN6O3. The lowest BCUT2D eigenvalue weighted by molar-refractivity contribution is -0.119. The molecule has 9 nitrogen and oxygen atoms in total. The fourth-order valence-electron chi connectivity index (χ4n) is 3.01. The standard InChI is InChI=1S/C19H17FN6O3/c1-12(27)21-10-15-11-25(19(28)29-15)14-3-4-16(17(20)8-14)13-2-5-18(22-9-13)26-7-6-23-24-26/h2-9,15H,10-11H2,1H3,(H,21,27)/t15-/m0/s1. The fraction of sp³-hybridized carbons (Fsp3) is 0.211. The van der Waals surface area contributed by atoms with E-state index in [2.05, 4.69) is 20.6 Å². The lowest BCUT2D eigenvalue weighted by Gasteiger charge is -2.14. The van der Waals surface area contributed by atoms with Crippen molar-refractivity contribution in [3.63, 3.8) is 0 Å². The van der Waals surface area contributed by atoms with Crippen LogP contribution in [0.5, 0.6) is 0 Å². The van der Waals surface area contributed by atoms with Crippen molar-refractivity contribution < 1.29 is 18.7 Å². The Morgan fingerprint density at radius 2 is 2.21 bits per heavy atom. The zero-order valence-corrected chi connectivity index (χ0v) is 15.4. The summed E-state index contributed by atoms with van der Waals surface area (Å²) in [7, 11) is 0. The van der Waals surface area contributed by atoms with E-state index in [0.29, 0.717) is 22.6 Å². The fourth-order valence-corrected chi connectivity index (χ4v) is 3.01. The van der Waals surface area contributed by atoms with Gasteiger partial charge in [-0.25, -0.2) is 18.9 Å². The van der Waals surface area contributed by atoms with Crippen molar-refractivity contribution in [1.29, 1.82) is 0 Å². The number of hydrogen-bond acceptors (Lipinski definition) is 6. The molecule has 0 bridgehead atoms. The Morgan fingerprint density at radius 3 is 2.86 bits per heavy atom. The lowest BCUT2D eigenvalue weighted by atomic mass is 10.1. The van der Waals surface area contributed by atoms with Gasteiger partial charge < -0.3 is 10.1 Å². The number of nitrogens with one attached hydrogen (secondary N) is 1. The van der Waals surface area contributed by atoms with Crippen LogP contribution >= 0.6 is 0 Å². The van der Waals surface area contributed by atoms with Crippen molar-refractivity contribution in [3.8, 4) is 16.9 Å². The number of nitrogens with zero attached hydrogens (tertiary/aromatic N) is 5. The molecule has 0 radical (unpaired) electrons. The third-order valence-corrected chi connectivity index (χ3v) is 4.43. The van der Waals surface area contributed by atoms with Crippen LogP contribution in [0.25, 0.3) is 16.9 Å². The number of halogens is 1. The van der Waals surface area contributed by atoms with Crippen molar-refractivity contribution in [2.24, 2.45) is 0 Å². The quantitative estimate of drug-likeness (QED) is 0.707. The van der Waals surface area contributed by atoms with Gasteiger partial charge >= 0.3 is 6.09 Å². The van der Waals surface area contributed by atoms with Gasteiger partial charge in [-0.05, 0) is 30.3 Å². The molecule has 10 heteroatoms. The van der Waals surface area contributed by atoms with Crippen molar-refractivity contribution in [3.05, 3.63) is 54.7 Å². The van der Waals surface area contributed by atoms with Crippen molar-refractivity contribution >= 4 is 17.7 Å². The average Bonchev–Trinajstić information content (AvgIpc) is 3.36. The van der Waals surface area contributed by atoms with E-state index in [4.69, 9.17) is 4.74 Å². The smallest absolute Gasteiger partial charge is 0.414 e. The minimum Gasteiger partial charge on any atom is -0.442 e. The summed E-state index contributed by atoms with van der Waals surface area (Å²) in [5, 5.41) is 10.2. The van der Waals surface area contributed by atoms with Gasteiger partial charge in [0.15, 0.2) is 5.82 Å². The number of aromatic nitrogens is 4. The Morgan fingerprint density at radius 1 is 1.34 bits per heavy atom. The largest absolute Gasteiger partial charge is 0.442 e. The predicted molar refractivity (Wildman–Crippen MR) is 101 cm³/mol. The average molecular weight is 396 g/mol. The first-order chi connectivity index (χ1) is 14.0. The zero-order valence-electron chi connectivity index (χ0n) is 15.4. The van der Waals surface area contributed by atoms with Crippen LogP contribution < -0.4 is 10.2 Å². The Kier molecular flexibility index (Phi) is 4.90. The molecule has 3 heterocycles. The molecule has 2 amide bonds. The van der Waals surface area contributed by atoms with E-state index in [9.17, 15) is 14.0 Å². The van der Waals surface area contributed by atoms with Crippen LogP contribution in [-0.4, -0.2) is 51.2 Å². The Labute approximate surface area is 165 Å². The van der Waals surface area contributed by atoms with Crippen LogP contribution in [0.4, 0.5) is 14.9 Å². The van der Waals surface area contributed by atoms with Crippen molar-refractivity contribution in [2.45, 2.75) is 13.0 Å². The molecule has 148 valence electrons. The van der Waals surface area contributed by atoms with Crippen LogP contribution in [0.2, 0.25) is 0 Å². The number of cyclic esters (lactones) is 1. The second kappa shape index (κ2) is 7.66. The molecule has 2 aromatic heterocycles. The van der Waals surface area contributed by atoms with Crippen LogP contribution in [0, 0.1) is 5.82 Å². The number of carbonyl (C=O) groups excluding carboxylic acids is 2. The highest BCUT2D eigenvalue weighted by molar-refractivity contribution is 5.90. The van der Waals surface area contributed by atoms with Crippen molar-refractivity contribution in [1.82, 2.24) is 25.3 Å². The number of carbonyl (C=O) groups is 2. The third kappa shape index (κ3) is 3.91. The molecule has 1 saturated heterocycles. The molecule has 0 unspecified atom stereocenters. The van der Waals surface area contributed by atoms with Crippen LogP contribution in [0.1, 0.15) is 6.92 Å². The molecule has 0 saturated carbocycles. The number of pyridine rings is 1. The highest BCUT2D eigenvalue weighted by Crippen LogP contribution is 2.29. The summed E-state index contributed by atoms with van der Waals surface area (Å²) in [6, 6.07) is 7.96. The molecule has 1 aromatic carbocycles. The number of rotatable bonds is 5. The molecular weight excluding hydrogens is 379 g/mol. The van der Waals surface area contributed by atoms with Gasteiger partial charge in [-0.15, -0.1) is 5.10 Å². The SMILES string of the molecule is CC(=O)NC[C@H]1CN(c2ccc(-c3ccc(-n4ccnn4)nc3)c(F)c2)C(=O)O1. The molecule has 1 aliphatic rings. The summed E-state index contributed by atoms with van der Waals surface area (Å²) in [5.41, 5.74) is 1.33. The first kappa shape index (κ1) is 18.5. The van der Waals surface area contributed by atoms with E-state index in [-0.39, 0.29) is 19.0 Å². The summed E-state index contributed by atoms with van der Waals surface area (Å²) in [6.45, 7) is 1.82. The van der Waals surface area contributed by atoms with E-state index in [0.717, 1.165) is 0 Å². The summed E-state index contributed by atoms with van der Waals surface area (Å²) in [5.74, 6) is -0.137. The van der Waals surface area contributed by atoms with E-state index >= 15 is 0 Å². The number of benzene rings is 1. The summed E-state index contributed by atoms with van der Waals surface area (Å²) in [4.78, 5) is 28.7. The maximum absolute atomic E-state index is 14.8. The molecule has 0 aliphatic carbocycles. The zero-order chi connectivity index (χ0) is 20.4. The van der Waals surface area contributed by atoms with Gasteiger partial charge in [-0.1, -0.05) is 5.21 Å². The van der Waals surface area contributed by atoms with Crippen LogP contribution in [-0.2, 0) is 9.53 Å². The predicted octanol–water partition coefficient (Wildman–Crippen LogP) is 1.93. The molecule has 1 N–H and O–H groups in total. The minimum absolute atomic E-state index is 0.210. The Balaban J connectivity index is 1.51. The van der Waals surface area contributed by atoms with Gasteiger partial charge in [0.2, 0.25) is 5.91 Å². The molecule has 1 atom stereocenters. The first-order valence-corrected chi connectivity index (χ1v) is 8.86. The number of amides is 2. The van der Waals surface area contributed by atoms with Crippen LogP contribution in [0.3, 0.4) is 0 Å². The highest BCUT2D eigenvalue weighted by atomic mass is 19.1. The van der Waals surface area contributed by atoms with Gasteiger partial charge in [0.05, 0.1) is 31.2 Å². The second-order valence-corrected chi connectivity index (χ2v) is 6.47. The number of anilines is 1. The summed E-state index contributed by atoms with van der Waals surface area (Å²) in [6.07, 6.45) is 3.68. The molecule has 0 spiro atoms. The van der Waals surface area contributed by atoms with Crippen molar-refractivity contribution in [2.75, 3.05) is 18.0 Å². The first-order valence-electron chi connectivity index (χ1n) is 8.86. The van der Waals surface area contributed by atoms with E-state index < -0.39 is 18.0 Å². The lowest BCUT2D eigenvalue weighted by Crippen LogP contribution is -2.33. The molecule has 3 aromatic rings. The molecule has 29 heavy (non-hydrogen) atoms. The number of hydrogen-bond donors (Lipinski definition) is 1. The highest BCUT2D eigenvalue weighted by Gasteiger charge is 2.32. The molecule has 1 fully saturated rings. The normalized spacial score (nSPS) is 16.0. The third-order valence-electron chi connectivity index (χ3n) is 4.43. The van der Waals surface area contributed by atoms with Gasteiger partial charge in [0.25, 0.3) is 0 Å². The minimum atomic E-state index is -0.577. The number of ether oxygens (including phenoxy) is 1. The second-order valence-electron chi connectivity index (χ2n) is 6.47. The maximum atomic E-state index is 14.8. The Hall–Kier alpha value is -3.82. The van der Waals surface area contributed by atoms with E-state index in [1.54, 1.807) is 36.7 Å². The van der Waals surface area contributed by atoms with Gasteiger partial charge in [0, 0.05) is 24.2 Å². The molecule has 1 aliphatic heterocycles. The summed E-state index contributed by atoms with van der Waals surface area (Å²) >= 11 is 0. The van der Waals surface area contributed by atoms with E-state index in [1.807, 2.05) is 0 Å². The summed E-state index contributed by atoms with van der Waals surface area (Å²) < 4.78 is 21.5. The molecule has 4 rings (SSSR count). The maximum Gasteiger partial charge on any atom is 0.414 e. The van der Waals surface area contributed by atoms with Crippen LogP contribution in [0.15, 0.2) is 48.9 Å². The Bertz CT molecular complexity index is 1040. The van der Waals surface area contributed by atoms with Gasteiger partial charge in [0.1, 0.15) is 11.9 Å². The van der Waals surface area contributed by atoms with E-state index in [1.165, 1.54) is 28.8 Å². The monoisotopic (exact) mass is 396 g/mol. The van der Waals surface area contributed by atoms with Gasteiger partial charge in [-0.2, -0.15) is 0 Å². The van der Waals surface area contributed by atoms with Gasteiger partial charge in [-0.3, -0.25) is 9.69 Å². The topological polar surface area (TPSA) is 102 Å².